The molecule has 0 radical (unpaired) electrons. The summed E-state index contributed by atoms with van der Waals surface area (Å²) in [6, 6.07) is 16.1. The molecule has 5 nitrogen and oxygen atoms in total. The van der Waals surface area contributed by atoms with Gasteiger partial charge >= 0.3 is 0 Å². The van der Waals surface area contributed by atoms with Crippen LogP contribution in [-0.2, 0) is 4.79 Å². The maximum Gasteiger partial charge on any atom is 0.288 e. The number of amides is 1. The molecule has 1 amide bonds. The van der Waals surface area contributed by atoms with Crippen molar-refractivity contribution in [2.24, 2.45) is 0 Å². The molecule has 0 aliphatic rings. The molecule has 0 fully saturated rings. The van der Waals surface area contributed by atoms with Crippen molar-refractivity contribution >= 4 is 57.3 Å². The standard InChI is InChI=1S/C19H18F2N4OS3/c1-12(16(26)25(2)14-6-4-3-5-7-14)27-19-24-23-18(29-19)22-13-8-10-15(11-9-13)28-17(20)21/h3-12,17H,1-2H3,(H,22,23). The van der Waals surface area contributed by atoms with Gasteiger partial charge in [-0.25, -0.2) is 0 Å². The molecule has 3 rings (SSSR count). The average molecular weight is 453 g/mol. The highest BCUT2D eigenvalue weighted by atomic mass is 32.2. The molecule has 29 heavy (non-hydrogen) atoms. The molecule has 1 N–H and O–H groups in total. The summed E-state index contributed by atoms with van der Waals surface area (Å²) in [6.07, 6.45) is 0. The Labute approximate surface area is 179 Å². The molecule has 0 bridgehead atoms. The molecule has 152 valence electrons. The maximum atomic E-state index is 12.6. The van der Waals surface area contributed by atoms with Crippen molar-refractivity contribution in [3.8, 4) is 0 Å². The van der Waals surface area contributed by atoms with E-state index >= 15 is 0 Å². The lowest BCUT2D eigenvalue weighted by Gasteiger charge is -2.20. The Morgan fingerprint density at radius 1 is 1.07 bits per heavy atom. The highest BCUT2D eigenvalue weighted by molar-refractivity contribution is 8.02. The van der Waals surface area contributed by atoms with E-state index in [1.807, 2.05) is 37.3 Å². The second-order valence-corrected chi connectivity index (χ2v) is 9.52. The molecule has 2 aromatic carbocycles. The predicted octanol–water partition coefficient (Wildman–Crippen LogP) is 5.74. The predicted molar refractivity (Wildman–Crippen MR) is 117 cm³/mol. The number of carbonyl (C=O) groups is 1. The molecule has 0 spiro atoms. The summed E-state index contributed by atoms with van der Waals surface area (Å²) in [5.74, 6) is -2.47. The van der Waals surface area contributed by atoms with E-state index in [2.05, 4.69) is 15.5 Å². The van der Waals surface area contributed by atoms with Crippen LogP contribution in [0.2, 0.25) is 0 Å². The van der Waals surface area contributed by atoms with Gasteiger partial charge in [0.1, 0.15) is 0 Å². The van der Waals surface area contributed by atoms with E-state index in [1.165, 1.54) is 23.1 Å². The number of carbonyl (C=O) groups excluding carboxylic acids is 1. The van der Waals surface area contributed by atoms with E-state index in [4.69, 9.17) is 0 Å². The topological polar surface area (TPSA) is 58.1 Å². The minimum absolute atomic E-state index is 0.0296. The second-order valence-electron chi connectivity index (χ2n) is 5.89. The van der Waals surface area contributed by atoms with Gasteiger partial charge in [-0.15, -0.1) is 10.2 Å². The minimum atomic E-state index is -2.44. The van der Waals surface area contributed by atoms with Crippen LogP contribution in [0.3, 0.4) is 0 Å². The molecule has 1 aromatic heterocycles. The van der Waals surface area contributed by atoms with Gasteiger partial charge in [0, 0.05) is 23.3 Å². The first kappa shape index (κ1) is 21.5. The fourth-order valence-electron chi connectivity index (χ4n) is 2.40. The van der Waals surface area contributed by atoms with Crippen LogP contribution in [0.1, 0.15) is 6.92 Å². The van der Waals surface area contributed by atoms with Gasteiger partial charge in [-0.1, -0.05) is 53.1 Å². The molecule has 1 heterocycles. The highest BCUT2D eigenvalue weighted by Crippen LogP contribution is 2.32. The second kappa shape index (κ2) is 10.0. The lowest BCUT2D eigenvalue weighted by Crippen LogP contribution is -2.33. The number of thioether (sulfide) groups is 2. The van der Waals surface area contributed by atoms with E-state index < -0.39 is 5.76 Å². The molecule has 0 aliphatic heterocycles. The third kappa shape index (κ3) is 6.15. The number of halogens is 2. The Morgan fingerprint density at radius 2 is 1.76 bits per heavy atom. The van der Waals surface area contributed by atoms with Crippen molar-refractivity contribution < 1.29 is 13.6 Å². The van der Waals surface area contributed by atoms with Crippen LogP contribution in [0.15, 0.2) is 63.8 Å². The number of hydrogen-bond acceptors (Lipinski definition) is 7. The summed E-state index contributed by atoms with van der Waals surface area (Å²) < 4.78 is 25.4. The monoisotopic (exact) mass is 452 g/mol. The van der Waals surface area contributed by atoms with Crippen LogP contribution in [0.5, 0.6) is 0 Å². The largest absolute Gasteiger partial charge is 0.330 e. The Hall–Kier alpha value is -2.17. The minimum Gasteiger partial charge on any atom is -0.330 e. The highest BCUT2D eigenvalue weighted by Gasteiger charge is 2.21. The summed E-state index contributed by atoms with van der Waals surface area (Å²) in [7, 11) is 1.75. The SMILES string of the molecule is CC(Sc1nnc(Nc2ccc(SC(F)F)cc2)s1)C(=O)N(C)c1ccccc1. The van der Waals surface area contributed by atoms with Gasteiger partial charge in [0.15, 0.2) is 4.34 Å². The average Bonchev–Trinajstić information content (AvgIpc) is 3.15. The fraction of sp³-hybridized carbons (Fsp3) is 0.211. The molecular formula is C19H18F2N4OS3. The van der Waals surface area contributed by atoms with Gasteiger partial charge in [0.2, 0.25) is 11.0 Å². The van der Waals surface area contributed by atoms with E-state index in [0.29, 0.717) is 26.1 Å². The Morgan fingerprint density at radius 3 is 2.41 bits per heavy atom. The quantitative estimate of drug-likeness (QED) is 0.440. The molecule has 10 heteroatoms. The van der Waals surface area contributed by atoms with Crippen LogP contribution in [0.4, 0.5) is 25.3 Å². The first-order valence-electron chi connectivity index (χ1n) is 8.57. The Bertz CT molecular complexity index is 938. The van der Waals surface area contributed by atoms with Gasteiger partial charge in [-0.05, 0) is 43.3 Å². The third-order valence-corrected chi connectivity index (χ3v) is 6.57. The van der Waals surface area contributed by atoms with E-state index in [9.17, 15) is 13.6 Å². The summed E-state index contributed by atoms with van der Waals surface area (Å²) >= 11 is 3.17. The van der Waals surface area contributed by atoms with E-state index in [-0.39, 0.29) is 11.2 Å². The molecular weight excluding hydrogens is 434 g/mol. The van der Waals surface area contributed by atoms with Crippen LogP contribution in [0, 0.1) is 0 Å². The summed E-state index contributed by atoms with van der Waals surface area (Å²) in [6.45, 7) is 1.83. The smallest absolute Gasteiger partial charge is 0.288 e. The number of rotatable bonds is 8. The molecule has 0 saturated heterocycles. The number of hydrogen-bond donors (Lipinski definition) is 1. The van der Waals surface area contributed by atoms with E-state index in [0.717, 1.165) is 11.4 Å². The van der Waals surface area contributed by atoms with Crippen molar-refractivity contribution in [3.05, 3.63) is 54.6 Å². The van der Waals surface area contributed by atoms with E-state index in [1.54, 1.807) is 36.2 Å². The van der Waals surface area contributed by atoms with Gasteiger partial charge in [0.25, 0.3) is 5.76 Å². The lowest BCUT2D eigenvalue weighted by atomic mass is 10.3. The molecule has 3 aromatic rings. The summed E-state index contributed by atoms with van der Waals surface area (Å²) in [4.78, 5) is 14.8. The zero-order valence-electron chi connectivity index (χ0n) is 15.6. The number of benzene rings is 2. The number of alkyl halides is 2. The summed E-state index contributed by atoms with van der Waals surface area (Å²) in [5, 5.41) is 11.5. The van der Waals surface area contributed by atoms with Gasteiger partial charge in [-0.2, -0.15) is 8.78 Å². The first-order valence-corrected chi connectivity index (χ1v) is 11.1. The van der Waals surface area contributed by atoms with Gasteiger partial charge in [-0.3, -0.25) is 4.79 Å². The Kier molecular flexibility index (Phi) is 7.45. The third-order valence-electron chi connectivity index (χ3n) is 3.84. The Balaban J connectivity index is 1.57. The molecule has 1 unspecified atom stereocenters. The van der Waals surface area contributed by atoms with Crippen LogP contribution < -0.4 is 10.2 Å². The molecule has 0 aliphatic carbocycles. The van der Waals surface area contributed by atoms with Crippen LogP contribution >= 0.6 is 34.9 Å². The van der Waals surface area contributed by atoms with Gasteiger partial charge in [0.05, 0.1) is 5.25 Å². The zero-order chi connectivity index (χ0) is 20.8. The normalized spacial score (nSPS) is 12.0. The number of nitrogens with one attached hydrogen (secondary N) is 1. The van der Waals surface area contributed by atoms with Crippen molar-refractivity contribution in [3.63, 3.8) is 0 Å². The van der Waals surface area contributed by atoms with Crippen molar-refractivity contribution in [2.45, 2.75) is 27.2 Å². The molecule has 0 saturated carbocycles. The number of anilines is 3. The molecule has 1 atom stereocenters. The van der Waals surface area contributed by atoms with Crippen molar-refractivity contribution in [1.82, 2.24) is 10.2 Å². The zero-order valence-corrected chi connectivity index (χ0v) is 18.0. The maximum absolute atomic E-state index is 12.6. The van der Waals surface area contributed by atoms with Crippen molar-refractivity contribution in [1.29, 1.82) is 0 Å². The van der Waals surface area contributed by atoms with Gasteiger partial charge < -0.3 is 10.2 Å². The summed E-state index contributed by atoms with van der Waals surface area (Å²) in [5.41, 5.74) is 1.56. The lowest BCUT2D eigenvalue weighted by molar-refractivity contribution is -0.117. The fourth-order valence-corrected chi connectivity index (χ4v) is 4.91. The van der Waals surface area contributed by atoms with Crippen molar-refractivity contribution in [2.75, 3.05) is 17.3 Å². The number of para-hydroxylation sites is 1. The number of aromatic nitrogens is 2. The first-order chi connectivity index (χ1) is 13.9. The van der Waals surface area contributed by atoms with Crippen LogP contribution in [0.25, 0.3) is 0 Å². The van der Waals surface area contributed by atoms with Crippen LogP contribution in [-0.4, -0.2) is 34.2 Å². The number of nitrogens with zero attached hydrogens (tertiary/aromatic N) is 3.